The Balaban J connectivity index is 2.02. The fourth-order valence-electron chi connectivity index (χ4n) is 2.39. The maximum absolute atomic E-state index is 13.6. The molecular formula is C12H13BrFN3. The van der Waals surface area contributed by atoms with E-state index in [4.69, 9.17) is 0 Å². The van der Waals surface area contributed by atoms with Crippen LogP contribution in [0.1, 0.15) is 6.42 Å². The number of halogens is 2. The third-order valence-electron chi connectivity index (χ3n) is 3.29. The Morgan fingerprint density at radius 2 is 2.41 bits per heavy atom. The van der Waals surface area contributed by atoms with Gasteiger partial charge in [0.2, 0.25) is 0 Å². The van der Waals surface area contributed by atoms with Crippen molar-refractivity contribution in [3.63, 3.8) is 0 Å². The van der Waals surface area contributed by atoms with Crippen LogP contribution in [-0.4, -0.2) is 22.6 Å². The standard InChI is InChI=1S/C12H13BrFN3/c13-12-16-11-9(14)2-1-3-10(11)17(12)7-8-4-5-15-6-8/h1-3,8,15H,4-7H2. The van der Waals surface area contributed by atoms with Gasteiger partial charge in [0.1, 0.15) is 5.52 Å². The van der Waals surface area contributed by atoms with E-state index in [0.29, 0.717) is 16.2 Å². The summed E-state index contributed by atoms with van der Waals surface area (Å²) in [6.45, 7) is 2.98. The molecule has 0 saturated carbocycles. The summed E-state index contributed by atoms with van der Waals surface area (Å²) in [7, 11) is 0. The number of nitrogens with one attached hydrogen (secondary N) is 1. The van der Waals surface area contributed by atoms with Crippen LogP contribution in [0.4, 0.5) is 4.39 Å². The monoisotopic (exact) mass is 297 g/mol. The molecule has 17 heavy (non-hydrogen) atoms. The van der Waals surface area contributed by atoms with Gasteiger partial charge in [-0.15, -0.1) is 0 Å². The van der Waals surface area contributed by atoms with E-state index >= 15 is 0 Å². The van der Waals surface area contributed by atoms with Crippen molar-refractivity contribution in [2.45, 2.75) is 13.0 Å². The minimum atomic E-state index is -0.258. The van der Waals surface area contributed by atoms with Gasteiger partial charge in [0, 0.05) is 6.54 Å². The Hall–Kier alpha value is -0.940. The van der Waals surface area contributed by atoms with E-state index in [-0.39, 0.29) is 5.82 Å². The maximum atomic E-state index is 13.6. The largest absolute Gasteiger partial charge is 0.318 e. The second kappa shape index (κ2) is 4.38. The molecule has 1 unspecified atom stereocenters. The first-order chi connectivity index (χ1) is 8.25. The third kappa shape index (κ3) is 1.98. The topological polar surface area (TPSA) is 29.9 Å². The van der Waals surface area contributed by atoms with E-state index in [1.54, 1.807) is 6.07 Å². The minimum Gasteiger partial charge on any atom is -0.318 e. The van der Waals surface area contributed by atoms with Crippen LogP contribution in [0.2, 0.25) is 0 Å². The molecule has 0 spiro atoms. The average Bonchev–Trinajstić information content (AvgIpc) is 2.91. The SMILES string of the molecule is Fc1cccc2c1nc(Br)n2CC1CCNC1. The molecule has 2 heterocycles. The van der Waals surface area contributed by atoms with Crippen molar-refractivity contribution in [2.75, 3.05) is 13.1 Å². The lowest BCUT2D eigenvalue weighted by atomic mass is 10.1. The molecule has 3 rings (SSSR count). The minimum absolute atomic E-state index is 0.258. The van der Waals surface area contributed by atoms with Gasteiger partial charge < -0.3 is 9.88 Å². The molecule has 1 N–H and O–H groups in total. The molecule has 2 aromatic rings. The molecule has 0 amide bonds. The molecule has 1 aromatic heterocycles. The molecule has 1 aliphatic heterocycles. The molecule has 1 aromatic carbocycles. The number of nitrogens with zero attached hydrogens (tertiary/aromatic N) is 2. The molecule has 1 saturated heterocycles. The Morgan fingerprint density at radius 3 is 3.18 bits per heavy atom. The second-order valence-electron chi connectivity index (χ2n) is 4.46. The highest BCUT2D eigenvalue weighted by atomic mass is 79.9. The average molecular weight is 298 g/mol. The zero-order valence-corrected chi connectivity index (χ0v) is 10.9. The number of rotatable bonds is 2. The zero-order valence-electron chi connectivity index (χ0n) is 9.29. The molecule has 0 radical (unpaired) electrons. The van der Waals surface area contributed by atoms with Gasteiger partial charge in [-0.1, -0.05) is 6.07 Å². The van der Waals surface area contributed by atoms with Gasteiger partial charge in [-0.05, 0) is 53.5 Å². The highest BCUT2D eigenvalue weighted by Crippen LogP contribution is 2.24. The zero-order chi connectivity index (χ0) is 11.8. The van der Waals surface area contributed by atoms with Crippen LogP contribution >= 0.6 is 15.9 Å². The van der Waals surface area contributed by atoms with Crippen LogP contribution in [0.15, 0.2) is 22.9 Å². The van der Waals surface area contributed by atoms with Gasteiger partial charge in [-0.2, -0.15) is 0 Å². The van der Waals surface area contributed by atoms with Gasteiger partial charge in [0.05, 0.1) is 5.52 Å². The number of hydrogen-bond donors (Lipinski definition) is 1. The van der Waals surface area contributed by atoms with Crippen molar-refractivity contribution >= 4 is 27.0 Å². The Morgan fingerprint density at radius 1 is 1.53 bits per heavy atom. The van der Waals surface area contributed by atoms with Crippen molar-refractivity contribution < 1.29 is 4.39 Å². The van der Waals surface area contributed by atoms with Crippen molar-refractivity contribution in [1.29, 1.82) is 0 Å². The van der Waals surface area contributed by atoms with Gasteiger partial charge in [0.25, 0.3) is 0 Å². The first kappa shape index (κ1) is 11.2. The molecule has 0 bridgehead atoms. The Kier molecular flexibility index (Phi) is 2.88. The van der Waals surface area contributed by atoms with Gasteiger partial charge in [0.15, 0.2) is 10.6 Å². The molecule has 0 aliphatic carbocycles. The smallest absolute Gasteiger partial charge is 0.178 e. The highest BCUT2D eigenvalue weighted by molar-refractivity contribution is 9.10. The number of aromatic nitrogens is 2. The lowest BCUT2D eigenvalue weighted by Gasteiger charge is -2.11. The Bertz CT molecular complexity index is 546. The summed E-state index contributed by atoms with van der Waals surface area (Å²) in [6, 6.07) is 5.09. The summed E-state index contributed by atoms with van der Waals surface area (Å²) in [6.07, 6.45) is 1.17. The number of hydrogen-bond acceptors (Lipinski definition) is 2. The van der Waals surface area contributed by atoms with E-state index in [0.717, 1.165) is 25.2 Å². The van der Waals surface area contributed by atoms with Gasteiger partial charge >= 0.3 is 0 Å². The summed E-state index contributed by atoms with van der Waals surface area (Å²) >= 11 is 3.42. The third-order valence-corrected chi connectivity index (χ3v) is 3.89. The van der Waals surface area contributed by atoms with Crippen LogP contribution in [-0.2, 0) is 6.54 Å². The quantitative estimate of drug-likeness (QED) is 0.923. The lowest BCUT2D eigenvalue weighted by molar-refractivity contribution is 0.484. The Labute approximate surface area is 107 Å². The van der Waals surface area contributed by atoms with Crippen molar-refractivity contribution in [3.8, 4) is 0 Å². The highest BCUT2D eigenvalue weighted by Gasteiger charge is 2.18. The molecule has 3 nitrogen and oxygen atoms in total. The van der Waals surface area contributed by atoms with E-state index in [9.17, 15) is 4.39 Å². The van der Waals surface area contributed by atoms with Crippen LogP contribution in [0.25, 0.3) is 11.0 Å². The number of para-hydroxylation sites is 1. The first-order valence-corrected chi connectivity index (χ1v) is 6.56. The maximum Gasteiger partial charge on any atom is 0.178 e. The molecule has 90 valence electrons. The van der Waals surface area contributed by atoms with Crippen molar-refractivity contribution in [3.05, 3.63) is 28.7 Å². The van der Waals surface area contributed by atoms with Gasteiger partial charge in [-0.25, -0.2) is 9.37 Å². The summed E-state index contributed by atoms with van der Waals surface area (Å²) in [5.41, 5.74) is 1.31. The normalized spacial score (nSPS) is 20.2. The number of imidazole rings is 1. The summed E-state index contributed by atoms with van der Waals surface area (Å²) in [4.78, 5) is 4.24. The van der Waals surface area contributed by atoms with Gasteiger partial charge in [-0.3, -0.25) is 0 Å². The molecule has 1 aliphatic rings. The predicted octanol–water partition coefficient (Wildman–Crippen LogP) is 2.55. The second-order valence-corrected chi connectivity index (χ2v) is 5.17. The predicted molar refractivity (Wildman–Crippen MR) is 68.4 cm³/mol. The molecule has 1 fully saturated rings. The molecular weight excluding hydrogens is 285 g/mol. The van der Waals surface area contributed by atoms with E-state index < -0.39 is 0 Å². The number of fused-ring (bicyclic) bond motifs is 1. The van der Waals surface area contributed by atoms with Crippen LogP contribution in [0.3, 0.4) is 0 Å². The van der Waals surface area contributed by atoms with Crippen LogP contribution in [0, 0.1) is 11.7 Å². The lowest BCUT2D eigenvalue weighted by Crippen LogP contribution is -2.14. The van der Waals surface area contributed by atoms with Crippen molar-refractivity contribution in [1.82, 2.24) is 14.9 Å². The first-order valence-electron chi connectivity index (χ1n) is 5.76. The number of benzene rings is 1. The van der Waals surface area contributed by atoms with E-state index in [1.165, 1.54) is 12.5 Å². The fraction of sp³-hybridized carbons (Fsp3) is 0.417. The van der Waals surface area contributed by atoms with E-state index in [1.807, 2.05) is 6.07 Å². The van der Waals surface area contributed by atoms with Crippen molar-refractivity contribution in [2.24, 2.45) is 5.92 Å². The summed E-state index contributed by atoms with van der Waals surface area (Å²) < 4.78 is 16.3. The molecule has 5 heteroatoms. The van der Waals surface area contributed by atoms with E-state index in [2.05, 4.69) is 30.8 Å². The summed E-state index contributed by atoms with van der Waals surface area (Å²) in [5.74, 6) is 0.346. The fourth-order valence-corrected chi connectivity index (χ4v) is 2.90. The van der Waals surface area contributed by atoms with Crippen LogP contribution < -0.4 is 5.32 Å². The summed E-state index contributed by atoms with van der Waals surface area (Å²) in [5, 5.41) is 3.34. The molecule has 1 atom stereocenters. The van der Waals surface area contributed by atoms with Crippen LogP contribution in [0.5, 0.6) is 0 Å².